The summed E-state index contributed by atoms with van der Waals surface area (Å²) in [6.07, 6.45) is 0.616. The first-order valence-corrected chi connectivity index (χ1v) is 10.1. The molecule has 0 aromatic heterocycles. The molecule has 5 rings (SSSR count). The van der Waals surface area contributed by atoms with Gasteiger partial charge in [-0.05, 0) is 49.7 Å². The van der Waals surface area contributed by atoms with Gasteiger partial charge in [-0.15, -0.1) is 0 Å². The molecule has 2 aliphatic rings. The SMILES string of the molecule is CCOc1ccc([C@H]2Oc3ccccc3[C@@H]3CC(c4ccc(C)cc4)=NN23)cc1. The van der Waals surface area contributed by atoms with Crippen molar-refractivity contribution in [3.05, 3.63) is 95.1 Å². The van der Waals surface area contributed by atoms with Crippen molar-refractivity contribution < 1.29 is 9.47 Å². The normalized spacial score (nSPS) is 19.8. The van der Waals surface area contributed by atoms with Gasteiger partial charge in [-0.3, -0.25) is 0 Å². The van der Waals surface area contributed by atoms with Crippen molar-refractivity contribution in [3.8, 4) is 11.5 Å². The van der Waals surface area contributed by atoms with Crippen LogP contribution >= 0.6 is 0 Å². The van der Waals surface area contributed by atoms with Gasteiger partial charge in [-0.2, -0.15) is 5.10 Å². The lowest BCUT2D eigenvalue weighted by Crippen LogP contribution is -2.33. The van der Waals surface area contributed by atoms with Crippen LogP contribution < -0.4 is 9.47 Å². The topological polar surface area (TPSA) is 34.1 Å². The summed E-state index contributed by atoms with van der Waals surface area (Å²) in [5, 5.41) is 7.14. The largest absolute Gasteiger partial charge is 0.494 e. The number of ether oxygens (including phenoxy) is 2. The number of hydrogen-bond acceptors (Lipinski definition) is 4. The summed E-state index contributed by atoms with van der Waals surface area (Å²) in [6.45, 7) is 4.76. The highest BCUT2D eigenvalue weighted by molar-refractivity contribution is 6.02. The number of benzene rings is 3. The Hall–Kier alpha value is -3.27. The van der Waals surface area contributed by atoms with Crippen LogP contribution in [0.15, 0.2) is 77.9 Å². The van der Waals surface area contributed by atoms with Gasteiger partial charge in [0.2, 0.25) is 6.23 Å². The molecule has 4 heteroatoms. The van der Waals surface area contributed by atoms with E-state index in [-0.39, 0.29) is 12.3 Å². The molecular formula is C25H24N2O2. The van der Waals surface area contributed by atoms with Crippen molar-refractivity contribution >= 4 is 5.71 Å². The Morgan fingerprint density at radius 1 is 1.00 bits per heavy atom. The van der Waals surface area contributed by atoms with Crippen LogP contribution in [-0.4, -0.2) is 17.3 Å². The summed E-state index contributed by atoms with van der Waals surface area (Å²) >= 11 is 0. The fourth-order valence-electron chi connectivity index (χ4n) is 4.07. The van der Waals surface area contributed by atoms with E-state index in [9.17, 15) is 0 Å². The van der Waals surface area contributed by atoms with Crippen molar-refractivity contribution in [1.29, 1.82) is 0 Å². The Labute approximate surface area is 171 Å². The Morgan fingerprint density at radius 3 is 2.52 bits per heavy atom. The summed E-state index contributed by atoms with van der Waals surface area (Å²) in [7, 11) is 0. The molecule has 3 aromatic carbocycles. The van der Waals surface area contributed by atoms with Crippen LogP contribution in [0.4, 0.5) is 0 Å². The molecule has 0 fully saturated rings. The zero-order valence-electron chi connectivity index (χ0n) is 16.7. The average Bonchev–Trinajstić information content (AvgIpc) is 3.20. The molecule has 0 aliphatic carbocycles. The second-order valence-electron chi connectivity index (χ2n) is 7.52. The predicted molar refractivity (Wildman–Crippen MR) is 114 cm³/mol. The van der Waals surface area contributed by atoms with Crippen LogP contribution in [0.1, 0.15) is 47.9 Å². The first kappa shape index (κ1) is 17.8. The maximum absolute atomic E-state index is 6.41. The lowest BCUT2D eigenvalue weighted by atomic mass is 9.95. The number of hydrogen-bond donors (Lipinski definition) is 0. The van der Waals surface area contributed by atoms with Crippen molar-refractivity contribution in [1.82, 2.24) is 5.01 Å². The fraction of sp³-hybridized carbons (Fsp3) is 0.240. The quantitative estimate of drug-likeness (QED) is 0.584. The molecule has 0 amide bonds. The zero-order valence-corrected chi connectivity index (χ0v) is 16.7. The Bertz CT molecular complexity index is 1040. The highest BCUT2D eigenvalue weighted by Gasteiger charge is 2.40. The summed E-state index contributed by atoms with van der Waals surface area (Å²) in [6, 6.07) is 25.2. The van der Waals surface area contributed by atoms with Crippen molar-refractivity contribution in [2.45, 2.75) is 32.5 Å². The monoisotopic (exact) mass is 384 g/mol. The summed E-state index contributed by atoms with van der Waals surface area (Å²) in [5.74, 6) is 1.81. The molecular weight excluding hydrogens is 360 g/mol. The van der Waals surface area contributed by atoms with Crippen LogP contribution in [0.3, 0.4) is 0 Å². The number of para-hydroxylation sites is 1. The molecule has 2 heterocycles. The second kappa shape index (κ2) is 7.28. The van der Waals surface area contributed by atoms with Gasteiger partial charge in [0.1, 0.15) is 11.5 Å². The van der Waals surface area contributed by atoms with Gasteiger partial charge in [-0.25, -0.2) is 5.01 Å². The third kappa shape index (κ3) is 3.25. The Morgan fingerprint density at radius 2 is 1.76 bits per heavy atom. The molecule has 0 bridgehead atoms. The van der Waals surface area contributed by atoms with Gasteiger partial charge in [0, 0.05) is 17.5 Å². The second-order valence-corrected chi connectivity index (χ2v) is 7.52. The highest BCUT2D eigenvalue weighted by atomic mass is 16.5. The maximum atomic E-state index is 6.41. The van der Waals surface area contributed by atoms with Crippen molar-refractivity contribution in [2.75, 3.05) is 6.61 Å². The molecule has 0 saturated carbocycles. The van der Waals surface area contributed by atoms with Gasteiger partial charge in [0.25, 0.3) is 0 Å². The van der Waals surface area contributed by atoms with Crippen LogP contribution in [-0.2, 0) is 0 Å². The van der Waals surface area contributed by atoms with E-state index in [4.69, 9.17) is 14.6 Å². The number of rotatable bonds is 4. The molecule has 4 nitrogen and oxygen atoms in total. The van der Waals surface area contributed by atoms with Crippen LogP contribution in [0.2, 0.25) is 0 Å². The van der Waals surface area contributed by atoms with E-state index in [1.54, 1.807) is 0 Å². The van der Waals surface area contributed by atoms with E-state index in [0.717, 1.165) is 29.2 Å². The minimum Gasteiger partial charge on any atom is -0.494 e. The first-order valence-electron chi connectivity index (χ1n) is 10.1. The zero-order chi connectivity index (χ0) is 19.8. The van der Waals surface area contributed by atoms with Gasteiger partial charge >= 0.3 is 0 Å². The van der Waals surface area contributed by atoms with Gasteiger partial charge in [0.05, 0.1) is 18.4 Å². The third-order valence-electron chi connectivity index (χ3n) is 5.56. The molecule has 0 radical (unpaired) electrons. The average molecular weight is 384 g/mol. The van der Waals surface area contributed by atoms with Gasteiger partial charge in [-0.1, -0.05) is 48.0 Å². The minimum absolute atomic E-state index is 0.174. The summed E-state index contributed by atoms with van der Waals surface area (Å²) in [4.78, 5) is 0. The highest BCUT2D eigenvalue weighted by Crippen LogP contribution is 2.47. The van der Waals surface area contributed by atoms with Gasteiger partial charge in [0.15, 0.2) is 0 Å². The molecule has 146 valence electrons. The van der Waals surface area contributed by atoms with Crippen LogP contribution in [0.5, 0.6) is 11.5 Å². The van der Waals surface area contributed by atoms with Crippen molar-refractivity contribution in [2.24, 2.45) is 5.10 Å². The molecule has 0 saturated heterocycles. The van der Waals surface area contributed by atoms with E-state index < -0.39 is 0 Å². The Balaban J connectivity index is 1.53. The van der Waals surface area contributed by atoms with E-state index in [2.05, 4.69) is 66.5 Å². The van der Waals surface area contributed by atoms with E-state index >= 15 is 0 Å². The number of aryl methyl sites for hydroxylation is 1. The summed E-state index contributed by atoms with van der Waals surface area (Å²) in [5.41, 5.74) is 5.80. The summed E-state index contributed by atoms with van der Waals surface area (Å²) < 4.78 is 12.0. The lowest BCUT2D eigenvalue weighted by Gasteiger charge is -2.38. The predicted octanol–water partition coefficient (Wildman–Crippen LogP) is 5.64. The van der Waals surface area contributed by atoms with Gasteiger partial charge < -0.3 is 9.47 Å². The molecule has 0 spiro atoms. The van der Waals surface area contributed by atoms with Crippen LogP contribution in [0, 0.1) is 6.92 Å². The molecule has 2 aliphatic heterocycles. The molecule has 0 unspecified atom stereocenters. The fourth-order valence-corrected chi connectivity index (χ4v) is 4.07. The number of fused-ring (bicyclic) bond motifs is 3. The van der Waals surface area contributed by atoms with E-state index in [1.165, 1.54) is 16.7 Å². The number of hydrazone groups is 1. The Kier molecular flexibility index (Phi) is 4.47. The first-order chi connectivity index (χ1) is 14.2. The van der Waals surface area contributed by atoms with E-state index in [1.807, 2.05) is 25.1 Å². The molecule has 3 aromatic rings. The van der Waals surface area contributed by atoms with Crippen LogP contribution in [0.25, 0.3) is 0 Å². The van der Waals surface area contributed by atoms with E-state index in [0.29, 0.717) is 6.61 Å². The van der Waals surface area contributed by atoms with Crippen molar-refractivity contribution in [3.63, 3.8) is 0 Å². The molecule has 2 atom stereocenters. The smallest absolute Gasteiger partial charge is 0.213 e. The number of nitrogens with zero attached hydrogens (tertiary/aromatic N) is 2. The molecule has 29 heavy (non-hydrogen) atoms. The third-order valence-corrected chi connectivity index (χ3v) is 5.56. The standard InChI is InChI=1S/C25H24N2O2/c1-3-28-20-14-12-19(13-15-20)25-27-23(21-6-4-5-7-24(21)29-25)16-22(26-27)18-10-8-17(2)9-11-18/h4-15,23,25H,3,16H2,1-2H3/t23-,25+/m0/s1. The molecule has 0 N–H and O–H groups in total. The maximum Gasteiger partial charge on any atom is 0.213 e. The minimum atomic E-state index is -0.256. The lowest BCUT2D eigenvalue weighted by molar-refractivity contribution is -0.0190.